The number of aryl methyl sites for hydroxylation is 1. The Balaban J connectivity index is 1.41. The Hall–Kier alpha value is -3.68. The zero-order chi connectivity index (χ0) is 21.8. The summed E-state index contributed by atoms with van der Waals surface area (Å²) in [6.07, 6.45) is 3.04. The van der Waals surface area contributed by atoms with Crippen molar-refractivity contribution in [2.75, 3.05) is 23.3 Å². The monoisotopic (exact) mass is 419 g/mol. The van der Waals surface area contributed by atoms with Crippen LogP contribution in [0.1, 0.15) is 19.3 Å². The number of carbonyl (C=O) groups excluding carboxylic acids is 2. The third-order valence-electron chi connectivity index (χ3n) is 5.73. The second kappa shape index (κ2) is 8.99. The van der Waals surface area contributed by atoms with Gasteiger partial charge in [-0.2, -0.15) is 0 Å². The Morgan fingerprint density at radius 1 is 1.06 bits per heavy atom. The molecule has 1 aromatic heterocycles. The van der Waals surface area contributed by atoms with Gasteiger partial charge in [0, 0.05) is 32.0 Å². The van der Waals surface area contributed by atoms with Crippen LogP contribution >= 0.6 is 0 Å². The number of benzene rings is 2. The van der Waals surface area contributed by atoms with Crippen molar-refractivity contribution in [2.45, 2.75) is 25.8 Å². The number of aromatic nitrogens is 2. The highest BCUT2D eigenvalue weighted by Crippen LogP contribution is 2.29. The number of hydrogen-bond donors (Lipinski definition) is 2. The minimum absolute atomic E-state index is 0.0909. The molecule has 2 heterocycles. The van der Waals surface area contributed by atoms with Gasteiger partial charge in [0.2, 0.25) is 11.8 Å². The Kier molecular flexibility index (Phi) is 5.97. The van der Waals surface area contributed by atoms with Gasteiger partial charge in [-0.15, -0.1) is 0 Å². The summed E-state index contributed by atoms with van der Waals surface area (Å²) < 4.78 is 1.46. The third kappa shape index (κ3) is 4.58. The molecule has 1 aliphatic rings. The summed E-state index contributed by atoms with van der Waals surface area (Å²) in [6, 6.07) is 14.8. The van der Waals surface area contributed by atoms with E-state index in [-0.39, 0.29) is 36.3 Å². The molecule has 1 aliphatic heterocycles. The van der Waals surface area contributed by atoms with Gasteiger partial charge >= 0.3 is 0 Å². The van der Waals surface area contributed by atoms with Crippen molar-refractivity contribution in [1.29, 1.82) is 0 Å². The largest absolute Gasteiger partial charge is 0.370 e. The number of anilines is 2. The highest BCUT2D eigenvalue weighted by molar-refractivity contribution is 5.94. The third-order valence-corrected chi connectivity index (χ3v) is 5.73. The molecule has 3 aromatic rings. The van der Waals surface area contributed by atoms with Gasteiger partial charge in [-0.05, 0) is 37.1 Å². The van der Waals surface area contributed by atoms with Crippen LogP contribution in [-0.4, -0.2) is 34.5 Å². The molecule has 2 aromatic carbocycles. The molecule has 0 radical (unpaired) electrons. The van der Waals surface area contributed by atoms with Crippen LogP contribution in [0.15, 0.2) is 59.7 Å². The van der Waals surface area contributed by atoms with Gasteiger partial charge in [0.25, 0.3) is 5.56 Å². The predicted octanol–water partition coefficient (Wildman–Crippen LogP) is 2.13. The molecule has 4 rings (SSSR count). The van der Waals surface area contributed by atoms with E-state index in [0.29, 0.717) is 42.5 Å². The maximum absolute atomic E-state index is 12.6. The van der Waals surface area contributed by atoms with Crippen molar-refractivity contribution in [3.05, 3.63) is 65.2 Å². The highest BCUT2D eigenvalue weighted by Gasteiger charge is 2.24. The van der Waals surface area contributed by atoms with Gasteiger partial charge in [-0.25, -0.2) is 4.98 Å². The zero-order valence-corrected chi connectivity index (χ0v) is 17.2. The SMILES string of the molecule is NC(=O)C1CCN(c2ccccc2NC(=O)CCn2cnc3ccccc3c2=O)CC1. The van der Waals surface area contributed by atoms with Crippen LogP contribution in [0, 0.1) is 5.92 Å². The zero-order valence-electron chi connectivity index (χ0n) is 17.2. The summed E-state index contributed by atoms with van der Waals surface area (Å²) in [5.41, 5.74) is 7.55. The fourth-order valence-electron chi connectivity index (χ4n) is 3.96. The summed E-state index contributed by atoms with van der Waals surface area (Å²) in [6.45, 7) is 1.66. The summed E-state index contributed by atoms with van der Waals surface area (Å²) >= 11 is 0. The highest BCUT2D eigenvalue weighted by atomic mass is 16.2. The molecule has 3 N–H and O–H groups in total. The lowest BCUT2D eigenvalue weighted by Crippen LogP contribution is -2.38. The number of primary amides is 1. The van der Waals surface area contributed by atoms with Crippen molar-refractivity contribution in [1.82, 2.24) is 9.55 Å². The van der Waals surface area contributed by atoms with Crippen LogP contribution < -0.4 is 21.5 Å². The average molecular weight is 419 g/mol. The molecule has 8 nitrogen and oxygen atoms in total. The molecule has 160 valence electrons. The number of fused-ring (bicyclic) bond motifs is 1. The van der Waals surface area contributed by atoms with Crippen LogP contribution in [0.25, 0.3) is 10.9 Å². The molecule has 0 spiro atoms. The molecular formula is C23H25N5O3. The first-order valence-electron chi connectivity index (χ1n) is 10.4. The Bertz CT molecular complexity index is 1170. The second-order valence-corrected chi connectivity index (χ2v) is 7.74. The van der Waals surface area contributed by atoms with E-state index in [1.807, 2.05) is 30.3 Å². The first-order valence-corrected chi connectivity index (χ1v) is 10.4. The van der Waals surface area contributed by atoms with E-state index in [0.717, 1.165) is 5.69 Å². The van der Waals surface area contributed by atoms with Crippen LogP contribution in [0.5, 0.6) is 0 Å². The normalized spacial score (nSPS) is 14.5. The smallest absolute Gasteiger partial charge is 0.261 e. The molecule has 8 heteroatoms. The fourth-order valence-corrected chi connectivity index (χ4v) is 3.96. The quantitative estimate of drug-likeness (QED) is 0.636. The van der Waals surface area contributed by atoms with Gasteiger partial charge in [0.05, 0.1) is 28.6 Å². The van der Waals surface area contributed by atoms with Crippen LogP contribution in [0.4, 0.5) is 11.4 Å². The van der Waals surface area contributed by atoms with E-state index in [2.05, 4.69) is 15.2 Å². The van der Waals surface area contributed by atoms with Crippen molar-refractivity contribution in [3.63, 3.8) is 0 Å². The van der Waals surface area contributed by atoms with E-state index in [4.69, 9.17) is 5.73 Å². The maximum Gasteiger partial charge on any atom is 0.261 e. The maximum atomic E-state index is 12.6. The number of nitrogens with zero attached hydrogens (tertiary/aromatic N) is 3. The fraction of sp³-hybridized carbons (Fsp3) is 0.304. The van der Waals surface area contributed by atoms with Gasteiger partial charge in [0.15, 0.2) is 0 Å². The summed E-state index contributed by atoms with van der Waals surface area (Å²) in [4.78, 5) is 43.1. The first-order chi connectivity index (χ1) is 15.0. The molecular weight excluding hydrogens is 394 g/mol. The number of para-hydroxylation sites is 3. The lowest BCUT2D eigenvalue weighted by molar-refractivity contribution is -0.122. The number of amides is 2. The number of piperidine rings is 1. The van der Waals surface area contributed by atoms with Crippen LogP contribution in [-0.2, 0) is 16.1 Å². The summed E-state index contributed by atoms with van der Waals surface area (Å²) in [5, 5.41) is 3.50. The number of hydrogen-bond acceptors (Lipinski definition) is 5. The summed E-state index contributed by atoms with van der Waals surface area (Å²) in [5.74, 6) is -0.522. The summed E-state index contributed by atoms with van der Waals surface area (Å²) in [7, 11) is 0. The van der Waals surface area contributed by atoms with E-state index in [1.165, 1.54) is 10.9 Å². The van der Waals surface area contributed by atoms with Gasteiger partial charge < -0.3 is 16.0 Å². The van der Waals surface area contributed by atoms with Gasteiger partial charge in [-0.3, -0.25) is 19.0 Å². The number of carbonyl (C=O) groups is 2. The lowest BCUT2D eigenvalue weighted by atomic mass is 9.96. The number of nitrogens with two attached hydrogens (primary N) is 1. The van der Waals surface area contributed by atoms with Crippen molar-refractivity contribution in [3.8, 4) is 0 Å². The van der Waals surface area contributed by atoms with Crippen molar-refractivity contribution < 1.29 is 9.59 Å². The van der Waals surface area contributed by atoms with Crippen LogP contribution in [0.3, 0.4) is 0 Å². The average Bonchev–Trinajstić information content (AvgIpc) is 2.79. The van der Waals surface area contributed by atoms with Gasteiger partial charge in [-0.1, -0.05) is 24.3 Å². The Morgan fingerprint density at radius 3 is 2.55 bits per heavy atom. The molecule has 1 fully saturated rings. The van der Waals surface area contributed by atoms with E-state index >= 15 is 0 Å². The molecule has 0 atom stereocenters. The molecule has 1 saturated heterocycles. The van der Waals surface area contributed by atoms with E-state index in [1.54, 1.807) is 18.2 Å². The Labute approximate surface area is 179 Å². The minimum atomic E-state index is -0.250. The second-order valence-electron chi connectivity index (χ2n) is 7.74. The van der Waals surface area contributed by atoms with E-state index < -0.39 is 0 Å². The van der Waals surface area contributed by atoms with Crippen molar-refractivity contribution in [2.24, 2.45) is 11.7 Å². The molecule has 31 heavy (non-hydrogen) atoms. The Morgan fingerprint density at radius 2 is 1.77 bits per heavy atom. The van der Waals surface area contributed by atoms with Crippen LogP contribution in [0.2, 0.25) is 0 Å². The van der Waals surface area contributed by atoms with E-state index in [9.17, 15) is 14.4 Å². The predicted molar refractivity (Wildman–Crippen MR) is 120 cm³/mol. The molecule has 0 unspecified atom stereocenters. The number of nitrogens with one attached hydrogen (secondary N) is 1. The molecule has 0 bridgehead atoms. The van der Waals surface area contributed by atoms with Crippen molar-refractivity contribution >= 4 is 34.1 Å². The molecule has 0 saturated carbocycles. The molecule has 0 aliphatic carbocycles. The topological polar surface area (TPSA) is 110 Å². The molecule has 2 amide bonds. The number of rotatable bonds is 6. The minimum Gasteiger partial charge on any atom is -0.370 e. The standard InChI is InChI=1S/C23H25N5O3/c24-22(30)16-9-12-27(13-10-16)20-8-4-3-7-19(20)26-21(29)11-14-28-15-25-18-6-2-1-5-17(18)23(28)31/h1-8,15-16H,9-14H2,(H2,24,30)(H,26,29). The first kappa shape index (κ1) is 20.6. The van der Waals surface area contributed by atoms with Gasteiger partial charge in [0.1, 0.15) is 0 Å². The lowest BCUT2D eigenvalue weighted by Gasteiger charge is -2.33.